The summed E-state index contributed by atoms with van der Waals surface area (Å²) >= 11 is 0. The molecule has 0 aromatic carbocycles. The van der Waals surface area contributed by atoms with Gasteiger partial charge in [0.25, 0.3) is 0 Å². The van der Waals surface area contributed by atoms with Crippen molar-refractivity contribution in [3.63, 3.8) is 0 Å². The molecule has 0 amide bonds. The Bertz CT molecular complexity index is 656. The van der Waals surface area contributed by atoms with E-state index in [1.165, 1.54) is 18.2 Å². The predicted octanol–water partition coefficient (Wildman–Crippen LogP) is 3.94. The number of ketones is 1. The van der Waals surface area contributed by atoms with Crippen LogP contribution < -0.4 is 0 Å². The molecular weight excluding hydrogens is 310 g/mol. The first kappa shape index (κ1) is 16.4. The van der Waals surface area contributed by atoms with Crippen LogP contribution in [0.1, 0.15) is 46.5 Å². The number of rotatable bonds is 0. The van der Waals surface area contributed by atoms with Gasteiger partial charge in [0.1, 0.15) is 6.17 Å². The average molecular weight is 336 g/mol. The number of fused-ring (bicyclic) bond motifs is 5. The molecule has 0 heterocycles. The third-order valence-corrected chi connectivity index (χ3v) is 7.61. The van der Waals surface area contributed by atoms with Crippen molar-refractivity contribution in [1.29, 1.82) is 0 Å². The number of allylic oxidation sites excluding steroid dienone is 4. The molecule has 132 valence electrons. The molecule has 4 aliphatic rings. The summed E-state index contributed by atoms with van der Waals surface area (Å²) in [7, 11) is 0. The van der Waals surface area contributed by atoms with E-state index in [-0.39, 0.29) is 29.1 Å². The van der Waals surface area contributed by atoms with Gasteiger partial charge in [-0.3, -0.25) is 4.79 Å². The molecule has 0 saturated heterocycles. The third kappa shape index (κ3) is 1.81. The first-order valence-corrected chi connectivity index (χ1v) is 9.08. The van der Waals surface area contributed by atoms with Gasteiger partial charge < -0.3 is 5.11 Å². The van der Waals surface area contributed by atoms with Gasteiger partial charge in [-0.2, -0.15) is 0 Å². The molecule has 3 saturated carbocycles. The largest absolute Gasteiger partial charge is 0.390 e. The maximum atomic E-state index is 16.5. The first-order chi connectivity index (χ1) is 11.1. The van der Waals surface area contributed by atoms with E-state index in [0.29, 0.717) is 12.3 Å². The van der Waals surface area contributed by atoms with E-state index in [1.807, 2.05) is 0 Å². The minimum Gasteiger partial charge on any atom is -0.390 e. The van der Waals surface area contributed by atoms with Crippen molar-refractivity contribution in [3.8, 4) is 0 Å². The molecule has 24 heavy (non-hydrogen) atoms. The molecule has 0 bridgehead atoms. The van der Waals surface area contributed by atoms with Crippen molar-refractivity contribution in [1.82, 2.24) is 0 Å². The van der Waals surface area contributed by atoms with Crippen molar-refractivity contribution in [2.45, 2.75) is 64.4 Å². The van der Waals surface area contributed by atoms with Gasteiger partial charge in [-0.25, -0.2) is 8.78 Å². The highest BCUT2D eigenvalue weighted by Crippen LogP contribution is 2.68. The Kier molecular flexibility index (Phi) is 3.27. The van der Waals surface area contributed by atoms with E-state index in [4.69, 9.17) is 0 Å². The zero-order chi connectivity index (χ0) is 17.5. The van der Waals surface area contributed by atoms with Gasteiger partial charge in [0.2, 0.25) is 0 Å². The standard InChI is InChI=1S/C20H26F2O2/c1-11-6-13-14-8-16(21)15-7-12(23)4-5-19(15,3)20(14,22)17(24)10-18(13,2)9-11/h4-5,7,11,13-14,16-17,24H,6,8-10H2,1-3H3/t11-,13?,14?,16+,17+,18+,19+,20+/m1/s1. The zero-order valence-electron chi connectivity index (χ0n) is 14.6. The van der Waals surface area contributed by atoms with Crippen LogP contribution >= 0.6 is 0 Å². The topological polar surface area (TPSA) is 37.3 Å². The van der Waals surface area contributed by atoms with Crippen LogP contribution in [0.4, 0.5) is 8.78 Å². The van der Waals surface area contributed by atoms with Crippen molar-refractivity contribution in [3.05, 3.63) is 23.8 Å². The summed E-state index contributed by atoms with van der Waals surface area (Å²) in [5.41, 5.74) is -3.06. The average Bonchev–Trinajstić information content (AvgIpc) is 2.79. The number of carbonyl (C=O) groups excluding carboxylic acids is 1. The molecule has 2 nitrogen and oxygen atoms in total. The Morgan fingerprint density at radius 3 is 2.62 bits per heavy atom. The van der Waals surface area contributed by atoms with Gasteiger partial charge in [-0.15, -0.1) is 0 Å². The SMILES string of the molecule is C[C@@H]1CC2C3C[C@H](F)C4=CC(=O)C=C[C@]4(C)[C@@]3(F)[C@@H](O)C[C@]2(C)C1. The quantitative estimate of drug-likeness (QED) is 0.727. The van der Waals surface area contributed by atoms with E-state index in [1.54, 1.807) is 6.92 Å². The zero-order valence-corrected chi connectivity index (χ0v) is 14.6. The minimum absolute atomic E-state index is 0.0725. The molecule has 4 aliphatic carbocycles. The van der Waals surface area contributed by atoms with Crippen LogP contribution in [0.5, 0.6) is 0 Å². The van der Waals surface area contributed by atoms with Gasteiger partial charge in [0, 0.05) is 11.3 Å². The first-order valence-electron chi connectivity index (χ1n) is 9.08. The number of aliphatic hydroxyl groups excluding tert-OH is 1. The van der Waals surface area contributed by atoms with E-state index < -0.39 is 29.3 Å². The molecule has 0 spiro atoms. The molecule has 0 radical (unpaired) electrons. The second-order valence-corrected chi connectivity index (χ2v) is 9.14. The van der Waals surface area contributed by atoms with Gasteiger partial charge in [-0.05, 0) is 67.6 Å². The number of carbonyl (C=O) groups is 1. The molecule has 3 fully saturated rings. The maximum Gasteiger partial charge on any atom is 0.178 e. The number of aliphatic hydroxyl groups is 1. The fraction of sp³-hybridized carbons (Fsp3) is 0.750. The Morgan fingerprint density at radius 2 is 1.92 bits per heavy atom. The highest BCUT2D eigenvalue weighted by atomic mass is 19.1. The summed E-state index contributed by atoms with van der Waals surface area (Å²) in [6.07, 6.45) is 3.98. The lowest BCUT2D eigenvalue weighted by molar-refractivity contribution is -0.195. The molecule has 0 aromatic rings. The van der Waals surface area contributed by atoms with E-state index in [2.05, 4.69) is 13.8 Å². The van der Waals surface area contributed by atoms with Crippen molar-refractivity contribution >= 4 is 5.78 Å². The molecular formula is C20H26F2O2. The predicted molar refractivity (Wildman–Crippen MR) is 87.8 cm³/mol. The summed E-state index contributed by atoms with van der Waals surface area (Å²) in [5.74, 6) is -0.243. The van der Waals surface area contributed by atoms with Gasteiger partial charge in [0.05, 0.1) is 6.10 Å². The normalized spacial score (nSPS) is 56.3. The minimum atomic E-state index is -1.91. The van der Waals surface area contributed by atoms with E-state index >= 15 is 4.39 Å². The smallest absolute Gasteiger partial charge is 0.178 e. The molecule has 2 unspecified atom stereocenters. The van der Waals surface area contributed by atoms with Crippen molar-refractivity contribution < 1.29 is 18.7 Å². The van der Waals surface area contributed by atoms with Crippen LogP contribution in [0.3, 0.4) is 0 Å². The maximum absolute atomic E-state index is 16.5. The lowest BCUT2D eigenvalue weighted by Crippen LogP contribution is -2.67. The van der Waals surface area contributed by atoms with Crippen LogP contribution in [0.2, 0.25) is 0 Å². The van der Waals surface area contributed by atoms with E-state index in [0.717, 1.165) is 12.8 Å². The number of hydrogen-bond donors (Lipinski definition) is 1. The molecule has 8 atom stereocenters. The lowest BCUT2D eigenvalue weighted by Gasteiger charge is -2.61. The van der Waals surface area contributed by atoms with Crippen LogP contribution in [0, 0.1) is 28.6 Å². The summed E-state index contributed by atoms with van der Waals surface area (Å²) in [6.45, 7) is 5.95. The molecule has 4 heteroatoms. The van der Waals surface area contributed by atoms with Gasteiger partial charge in [-0.1, -0.05) is 19.9 Å². The van der Waals surface area contributed by atoms with Crippen molar-refractivity contribution in [2.24, 2.45) is 28.6 Å². The second-order valence-electron chi connectivity index (χ2n) is 9.14. The Balaban J connectivity index is 1.86. The van der Waals surface area contributed by atoms with Crippen LogP contribution in [-0.2, 0) is 4.79 Å². The Hall–Kier alpha value is -1.03. The van der Waals surface area contributed by atoms with Crippen molar-refractivity contribution in [2.75, 3.05) is 0 Å². The summed E-state index contributed by atoms with van der Waals surface area (Å²) in [4.78, 5) is 11.7. The molecule has 0 aromatic heterocycles. The molecule has 0 aliphatic heterocycles. The number of halogens is 2. The van der Waals surface area contributed by atoms with Crippen LogP contribution in [0.15, 0.2) is 23.8 Å². The highest BCUT2D eigenvalue weighted by molar-refractivity contribution is 6.01. The lowest BCUT2D eigenvalue weighted by atomic mass is 9.45. The molecule has 1 N–H and O–H groups in total. The fourth-order valence-electron chi connectivity index (χ4n) is 6.64. The van der Waals surface area contributed by atoms with Gasteiger partial charge in [0.15, 0.2) is 11.5 Å². The highest BCUT2D eigenvalue weighted by Gasteiger charge is 2.70. The number of hydrogen-bond acceptors (Lipinski definition) is 2. The molecule has 4 rings (SSSR count). The fourth-order valence-corrected chi connectivity index (χ4v) is 6.64. The Labute approximate surface area is 142 Å². The van der Waals surface area contributed by atoms with Crippen LogP contribution in [0.25, 0.3) is 0 Å². The monoisotopic (exact) mass is 336 g/mol. The van der Waals surface area contributed by atoms with Gasteiger partial charge >= 0.3 is 0 Å². The number of alkyl halides is 2. The van der Waals surface area contributed by atoms with E-state index in [9.17, 15) is 14.3 Å². The summed E-state index contributed by atoms with van der Waals surface area (Å²) in [6, 6.07) is 0. The third-order valence-electron chi connectivity index (χ3n) is 7.61. The second kappa shape index (κ2) is 4.78. The Morgan fingerprint density at radius 1 is 1.21 bits per heavy atom. The summed E-state index contributed by atoms with van der Waals surface area (Å²) in [5, 5.41) is 10.9. The van der Waals surface area contributed by atoms with Crippen LogP contribution in [-0.4, -0.2) is 28.8 Å². The summed E-state index contributed by atoms with van der Waals surface area (Å²) < 4.78 is 31.5.